The number of carbonyl (C=O) groups excluding carboxylic acids is 2. The summed E-state index contributed by atoms with van der Waals surface area (Å²) in [6.45, 7) is 3.80. The number of nitrogens with one attached hydrogen (secondary N) is 1. The van der Waals surface area contributed by atoms with Crippen LogP contribution in [-0.2, 0) is 14.3 Å². The van der Waals surface area contributed by atoms with E-state index in [4.69, 9.17) is 22.1 Å². The highest BCUT2D eigenvalue weighted by Gasteiger charge is 2.16. The van der Waals surface area contributed by atoms with E-state index in [-0.39, 0.29) is 22.9 Å². The van der Waals surface area contributed by atoms with Crippen LogP contribution in [0.3, 0.4) is 0 Å². The van der Waals surface area contributed by atoms with Crippen molar-refractivity contribution in [3.05, 3.63) is 23.2 Å². The van der Waals surface area contributed by atoms with E-state index in [1.165, 1.54) is 11.8 Å². The molecular formula is C13H17ClN2O3S. The zero-order valence-electron chi connectivity index (χ0n) is 11.3. The molecule has 0 aliphatic rings. The summed E-state index contributed by atoms with van der Waals surface area (Å²) in [7, 11) is 0. The van der Waals surface area contributed by atoms with Crippen molar-refractivity contribution in [1.82, 2.24) is 0 Å². The predicted molar refractivity (Wildman–Crippen MR) is 83.0 cm³/mol. The molecule has 1 aromatic rings. The first kappa shape index (κ1) is 16.7. The molecule has 0 saturated carbocycles. The third kappa shape index (κ3) is 5.30. The maximum atomic E-state index is 11.9. The summed E-state index contributed by atoms with van der Waals surface area (Å²) in [5.74, 6) is -0.389. The topological polar surface area (TPSA) is 81.4 Å². The van der Waals surface area contributed by atoms with Crippen molar-refractivity contribution in [1.29, 1.82) is 0 Å². The summed E-state index contributed by atoms with van der Waals surface area (Å²) in [5, 5.41) is 2.77. The van der Waals surface area contributed by atoms with Crippen LogP contribution in [0, 0.1) is 0 Å². The highest BCUT2D eigenvalue weighted by atomic mass is 35.5. The third-order valence-corrected chi connectivity index (χ3v) is 3.85. The highest BCUT2D eigenvalue weighted by molar-refractivity contribution is 8.01. The molecule has 3 N–H and O–H groups in total. The number of carbonyl (C=O) groups is 2. The Morgan fingerprint density at radius 1 is 1.50 bits per heavy atom. The Hall–Kier alpha value is -1.40. The molecule has 0 bridgehead atoms. The van der Waals surface area contributed by atoms with Crippen molar-refractivity contribution in [2.24, 2.45) is 0 Å². The molecule has 1 atom stereocenters. The van der Waals surface area contributed by atoms with Crippen LogP contribution in [0.2, 0.25) is 5.02 Å². The summed E-state index contributed by atoms with van der Waals surface area (Å²) in [6, 6.07) is 4.87. The molecule has 0 fully saturated rings. The number of anilines is 2. The molecule has 0 heterocycles. The van der Waals surface area contributed by atoms with E-state index in [0.29, 0.717) is 23.0 Å². The van der Waals surface area contributed by atoms with Gasteiger partial charge in [-0.1, -0.05) is 11.6 Å². The van der Waals surface area contributed by atoms with Crippen LogP contribution in [-0.4, -0.2) is 29.5 Å². The lowest BCUT2D eigenvalue weighted by Crippen LogP contribution is -2.24. The van der Waals surface area contributed by atoms with Crippen LogP contribution < -0.4 is 11.1 Å². The number of thioether (sulfide) groups is 1. The lowest BCUT2D eigenvalue weighted by Gasteiger charge is -2.12. The van der Waals surface area contributed by atoms with Crippen molar-refractivity contribution in [3.63, 3.8) is 0 Å². The van der Waals surface area contributed by atoms with Gasteiger partial charge in [0, 0.05) is 5.69 Å². The Labute approximate surface area is 127 Å². The first-order valence-electron chi connectivity index (χ1n) is 6.07. The minimum absolute atomic E-state index is 0.144. The Bertz CT molecular complexity index is 497. The van der Waals surface area contributed by atoms with Crippen LogP contribution in [0.25, 0.3) is 0 Å². The summed E-state index contributed by atoms with van der Waals surface area (Å²) in [6.07, 6.45) is 0. The fourth-order valence-corrected chi connectivity index (χ4v) is 2.13. The average molecular weight is 317 g/mol. The molecule has 0 radical (unpaired) electrons. The monoisotopic (exact) mass is 316 g/mol. The van der Waals surface area contributed by atoms with Crippen molar-refractivity contribution in [3.8, 4) is 0 Å². The summed E-state index contributed by atoms with van der Waals surface area (Å²) in [5.41, 5.74) is 6.62. The average Bonchev–Trinajstić information content (AvgIpc) is 2.40. The molecule has 5 nitrogen and oxygen atoms in total. The normalized spacial score (nSPS) is 11.8. The van der Waals surface area contributed by atoms with Gasteiger partial charge in [0.2, 0.25) is 5.91 Å². The number of halogens is 1. The SMILES string of the molecule is CCOC(=O)CSC(C)C(=O)Nc1ccc(Cl)c(N)c1. The van der Waals surface area contributed by atoms with E-state index >= 15 is 0 Å². The van der Waals surface area contributed by atoms with E-state index in [1.807, 2.05) is 0 Å². The lowest BCUT2D eigenvalue weighted by molar-refractivity contribution is -0.139. The molecule has 7 heteroatoms. The number of nitrogens with two attached hydrogens (primary N) is 1. The zero-order valence-corrected chi connectivity index (χ0v) is 12.9. The van der Waals surface area contributed by atoms with E-state index in [9.17, 15) is 9.59 Å². The van der Waals surface area contributed by atoms with Gasteiger partial charge in [-0.2, -0.15) is 0 Å². The number of esters is 1. The molecular weight excluding hydrogens is 300 g/mol. The number of rotatable bonds is 6. The molecule has 0 aliphatic heterocycles. The maximum Gasteiger partial charge on any atom is 0.315 e. The standard InChI is InChI=1S/C13H17ClN2O3S/c1-3-19-12(17)7-20-8(2)13(18)16-9-4-5-10(14)11(15)6-9/h4-6,8H,3,7,15H2,1-2H3,(H,16,18). The Morgan fingerprint density at radius 2 is 2.20 bits per heavy atom. The van der Waals surface area contributed by atoms with E-state index in [1.54, 1.807) is 32.0 Å². The number of hydrogen-bond acceptors (Lipinski definition) is 5. The quantitative estimate of drug-likeness (QED) is 0.622. The predicted octanol–water partition coefficient (Wildman–Crippen LogP) is 2.55. The summed E-state index contributed by atoms with van der Waals surface area (Å²) in [4.78, 5) is 23.1. The van der Waals surface area contributed by atoms with E-state index in [2.05, 4.69) is 5.32 Å². The molecule has 0 saturated heterocycles. The Morgan fingerprint density at radius 3 is 2.80 bits per heavy atom. The third-order valence-electron chi connectivity index (χ3n) is 2.39. The van der Waals surface area contributed by atoms with Crippen LogP contribution in [0.4, 0.5) is 11.4 Å². The number of amides is 1. The largest absolute Gasteiger partial charge is 0.465 e. The number of ether oxygens (including phenoxy) is 1. The van der Waals surface area contributed by atoms with Gasteiger partial charge in [-0.15, -0.1) is 11.8 Å². The van der Waals surface area contributed by atoms with Gasteiger partial charge >= 0.3 is 5.97 Å². The van der Waals surface area contributed by atoms with Gasteiger partial charge < -0.3 is 15.8 Å². The van der Waals surface area contributed by atoms with Gasteiger partial charge in [-0.3, -0.25) is 9.59 Å². The number of hydrogen-bond donors (Lipinski definition) is 2. The van der Waals surface area contributed by atoms with E-state index < -0.39 is 0 Å². The van der Waals surface area contributed by atoms with Gasteiger partial charge in [0.15, 0.2) is 0 Å². The minimum Gasteiger partial charge on any atom is -0.465 e. The molecule has 110 valence electrons. The molecule has 1 unspecified atom stereocenters. The highest BCUT2D eigenvalue weighted by Crippen LogP contribution is 2.23. The van der Waals surface area contributed by atoms with Gasteiger partial charge in [0.05, 0.1) is 28.3 Å². The van der Waals surface area contributed by atoms with Crippen molar-refractivity contribution >= 4 is 46.6 Å². The molecule has 0 spiro atoms. The second-order valence-electron chi connectivity index (χ2n) is 3.98. The van der Waals surface area contributed by atoms with Crippen molar-refractivity contribution < 1.29 is 14.3 Å². The number of nitrogen functional groups attached to an aromatic ring is 1. The van der Waals surface area contributed by atoms with Gasteiger partial charge in [0.1, 0.15) is 0 Å². The van der Waals surface area contributed by atoms with Gasteiger partial charge in [-0.25, -0.2) is 0 Å². The minimum atomic E-state index is -0.378. The molecule has 20 heavy (non-hydrogen) atoms. The van der Waals surface area contributed by atoms with Crippen LogP contribution >= 0.6 is 23.4 Å². The van der Waals surface area contributed by atoms with Crippen LogP contribution in [0.1, 0.15) is 13.8 Å². The number of benzene rings is 1. The van der Waals surface area contributed by atoms with Gasteiger partial charge in [-0.05, 0) is 32.0 Å². The first-order valence-corrected chi connectivity index (χ1v) is 7.49. The van der Waals surface area contributed by atoms with Crippen LogP contribution in [0.15, 0.2) is 18.2 Å². The van der Waals surface area contributed by atoms with Gasteiger partial charge in [0.25, 0.3) is 0 Å². The second kappa shape index (κ2) is 8.01. The summed E-state index contributed by atoms with van der Waals surface area (Å²) >= 11 is 7.02. The molecule has 0 aromatic heterocycles. The zero-order chi connectivity index (χ0) is 15.1. The van der Waals surface area contributed by atoms with Crippen molar-refractivity contribution in [2.75, 3.05) is 23.4 Å². The lowest BCUT2D eigenvalue weighted by atomic mass is 10.2. The van der Waals surface area contributed by atoms with Crippen LogP contribution in [0.5, 0.6) is 0 Å². The molecule has 1 aromatic carbocycles. The molecule has 0 aliphatic carbocycles. The fourth-order valence-electron chi connectivity index (χ4n) is 1.34. The summed E-state index contributed by atoms with van der Waals surface area (Å²) < 4.78 is 4.80. The molecule has 1 amide bonds. The molecule has 1 rings (SSSR count). The van der Waals surface area contributed by atoms with Crippen molar-refractivity contribution in [2.45, 2.75) is 19.1 Å². The first-order chi connectivity index (χ1) is 9.43. The Balaban J connectivity index is 2.48. The van der Waals surface area contributed by atoms with E-state index in [0.717, 1.165) is 0 Å². The fraction of sp³-hybridized carbons (Fsp3) is 0.385. The second-order valence-corrected chi connectivity index (χ2v) is 5.72. The smallest absolute Gasteiger partial charge is 0.315 e. The Kier molecular flexibility index (Phi) is 6.67. The maximum absolute atomic E-state index is 11.9.